The van der Waals surface area contributed by atoms with Crippen molar-refractivity contribution in [3.63, 3.8) is 0 Å². The first-order chi connectivity index (χ1) is 10.2. The third-order valence-electron chi connectivity index (χ3n) is 3.51. The predicted octanol–water partition coefficient (Wildman–Crippen LogP) is 4.64. The lowest BCUT2D eigenvalue weighted by Crippen LogP contribution is -2.33. The second kappa shape index (κ2) is 5.52. The molecule has 106 valence electrons. The second-order valence-electron chi connectivity index (χ2n) is 5.18. The van der Waals surface area contributed by atoms with Crippen LogP contribution in [0.1, 0.15) is 18.1 Å². The molecule has 1 unspecified atom stereocenters. The second-order valence-corrected chi connectivity index (χ2v) is 5.18. The molecule has 21 heavy (non-hydrogen) atoms. The third-order valence-corrected chi connectivity index (χ3v) is 3.51. The van der Waals surface area contributed by atoms with E-state index in [1.54, 1.807) is 13.0 Å². The van der Waals surface area contributed by atoms with Crippen LogP contribution in [0.5, 0.6) is 0 Å². The Morgan fingerprint density at radius 1 is 1.05 bits per heavy atom. The van der Waals surface area contributed by atoms with Crippen molar-refractivity contribution in [2.75, 3.05) is 6.67 Å². The molecule has 2 aromatic rings. The first-order valence-electron chi connectivity index (χ1n) is 6.87. The molecular weight excluding hydrogens is 265 g/mol. The normalized spacial score (nSPS) is 20.8. The Morgan fingerprint density at radius 3 is 2.52 bits per heavy atom. The minimum absolute atomic E-state index is 0.428. The van der Waals surface area contributed by atoms with Crippen molar-refractivity contribution in [3.05, 3.63) is 71.8 Å². The van der Waals surface area contributed by atoms with Gasteiger partial charge in [0.1, 0.15) is 6.67 Å². The quantitative estimate of drug-likeness (QED) is 0.802. The first kappa shape index (κ1) is 13.6. The molecule has 0 radical (unpaired) electrons. The van der Waals surface area contributed by atoms with Gasteiger partial charge in [0.25, 0.3) is 0 Å². The van der Waals surface area contributed by atoms with Gasteiger partial charge in [0.15, 0.2) is 5.60 Å². The van der Waals surface area contributed by atoms with E-state index >= 15 is 0 Å². The van der Waals surface area contributed by atoms with Crippen molar-refractivity contribution in [2.24, 2.45) is 4.99 Å². The van der Waals surface area contributed by atoms with Gasteiger partial charge in [-0.05, 0) is 24.6 Å². The lowest BCUT2D eigenvalue weighted by atomic mass is 9.94. The summed E-state index contributed by atoms with van der Waals surface area (Å²) in [5, 5.41) is 0. The van der Waals surface area contributed by atoms with Gasteiger partial charge in [-0.25, -0.2) is 9.38 Å². The Bertz CT molecular complexity index is 693. The highest BCUT2D eigenvalue weighted by Gasteiger charge is 2.35. The van der Waals surface area contributed by atoms with E-state index in [4.69, 9.17) is 4.74 Å². The Morgan fingerprint density at radius 2 is 1.76 bits per heavy atom. The number of halogens is 1. The van der Waals surface area contributed by atoms with Crippen LogP contribution < -0.4 is 0 Å². The van der Waals surface area contributed by atoms with Crippen LogP contribution in [0.25, 0.3) is 6.08 Å². The number of aliphatic imine (C=N–C) groups is 1. The molecular formula is C18H16FNO. The van der Waals surface area contributed by atoms with Gasteiger partial charge >= 0.3 is 0 Å². The van der Waals surface area contributed by atoms with Crippen molar-refractivity contribution in [1.82, 2.24) is 0 Å². The molecule has 0 aliphatic carbocycles. The zero-order valence-corrected chi connectivity index (χ0v) is 11.8. The first-order valence-corrected chi connectivity index (χ1v) is 6.87. The number of ether oxygens (including phenoxy) is 1. The standard InChI is InChI=1S/C18H16FNO/c1-18(13-19)15-9-5-6-10-16(15)20-17(21-18)12-11-14-7-3-2-4-8-14/h2-12H,13H2,1H3/b12-11+. The molecule has 0 spiro atoms. The van der Waals surface area contributed by atoms with Gasteiger partial charge in [-0.15, -0.1) is 0 Å². The highest BCUT2D eigenvalue weighted by Crippen LogP contribution is 2.37. The van der Waals surface area contributed by atoms with E-state index in [1.165, 1.54) is 0 Å². The molecule has 1 aliphatic heterocycles. The number of benzene rings is 2. The number of nitrogens with zero attached hydrogens (tertiary/aromatic N) is 1. The SMILES string of the molecule is CC1(CF)OC(/C=C/c2ccccc2)=Nc2ccccc21. The zero-order chi connectivity index (χ0) is 14.7. The van der Waals surface area contributed by atoms with Crippen LogP contribution in [0.4, 0.5) is 10.1 Å². The van der Waals surface area contributed by atoms with Crippen LogP contribution in [-0.4, -0.2) is 12.6 Å². The highest BCUT2D eigenvalue weighted by atomic mass is 19.1. The summed E-state index contributed by atoms with van der Waals surface area (Å²) in [6.45, 7) is 1.15. The summed E-state index contributed by atoms with van der Waals surface area (Å²) in [4.78, 5) is 4.44. The van der Waals surface area contributed by atoms with E-state index in [2.05, 4.69) is 4.99 Å². The lowest BCUT2D eigenvalue weighted by Gasteiger charge is -2.32. The lowest BCUT2D eigenvalue weighted by molar-refractivity contribution is 0.0428. The summed E-state index contributed by atoms with van der Waals surface area (Å²) in [6, 6.07) is 17.4. The molecule has 3 heteroatoms. The summed E-state index contributed by atoms with van der Waals surface area (Å²) in [5.41, 5.74) is 1.61. The molecule has 0 fully saturated rings. The van der Waals surface area contributed by atoms with E-state index in [0.717, 1.165) is 16.8 Å². The van der Waals surface area contributed by atoms with Crippen LogP contribution in [0.2, 0.25) is 0 Å². The van der Waals surface area contributed by atoms with Crippen LogP contribution >= 0.6 is 0 Å². The number of hydrogen-bond acceptors (Lipinski definition) is 2. The fourth-order valence-corrected chi connectivity index (χ4v) is 2.35. The van der Waals surface area contributed by atoms with E-state index in [-0.39, 0.29) is 0 Å². The maximum Gasteiger partial charge on any atom is 0.214 e. The smallest absolute Gasteiger partial charge is 0.214 e. The maximum absolute atomic E-state index is 13.5. The van der Waals surface area contributed by atoms with Crippen molar-refractivity contribution in [2.45, 2.75) is 12.5 Å². The minimum Gasteiger partial charge on any atom is -0.464 e. The van der Waals surface area contributed by atoms with E-state index in [9.17, 15) is 4.39 Å². The van der Waals surface area contributed by atoms with Crippen molar-refractivity contribution < 1.29 is 9.13 Å². The summed E-state index contributed by atoms with van der Waals surface area (Å²) in [6.07, 6.45) is 3.69. The molecule has 2 nitrogen and oxygen atoms in total. The molecule has 0 N–H and O–H groups in total. The Balaban J connectivity index is 1.95. The zero-order valence-electron chi connectivity index (χ0n) is 11.8. The van der Waals surface area contributed by atoms with Crippen LogP contribution in [0.3, 0.4) is 0 Å². The van der Waals surface area contributed by atoms with Crippen LogP contribution in [-0.2, 0) is 10.3 Å². The Hall–Kier alpha value is -2.42. The van der Waals surface area contributed by atoms with Gasteiger partial charge in [-0.1, -0.05) is 48.5 Å². The van der Waals surface area contributed by atoms with Crippen LogP contribution in [0, 0.1) is 0 Å². The molecule has 0 saturated heterocycles. The topological polar surface area (TPSA) is 21.6 Å². The average molecular weight is 281 g/mol. The fourth-order valence-electron chi connectivity index (χ4n) is 2.35. The average Bonchev–Trinajstić information content (AvgIpc) is 2.54. The number of hydrogen-bond donors (Lipinski definition) is 0. The van der Waals surface area contributed by atoms with E-state index in [1.807, 2.05) is 60.7 Å². The van der Waals surface area contributed by atoms with Gasteiger partial charge in [0.05, 0.1) is 5.69 Å². The Kier molecular flexibility index (Phi) is 3.57. The molecule has 1 aliphatic rings. The number of fused-ring (bicyclic) bond motifs is 1. The largest absolute Gasteiger partial charge is 0.464 e. The van der Waals surface area contributed by atoms with Gasteiger partial charge in [-0.3, -0.25) is 0 Å². The molecule has 0 aromatic heterocycles. The number of rotatable bonds is 3. The molecule has 0 bridgehead atoms. The molecule has 3 rings (SSSR count). The summed E-state index contributed by atoms with van der Waals surface area (Å²) in [7, 11) is 0. The van der Waals surface area contributed by atoms with E-state index in [0.29, 0.717) is 5.90 Å². The predicted molar refractivity (Wildman–Crippen MR) is 83.4 cm³/mol. The number of alkyl halides is 1. The molecule has 2 aromatic carbocycles. The monoisotopic (exact) mass is 281 g/mol. The van der Waals surface area contributed by atoms with Crippen molar-refractivity contribution in [1.29, 1.82) is 0 Å². The highest BCUT2D eigenvalue weighted by molar-refractivity contribution is 5.95. The molecule has 0 saturated carbocycles. The van der Waals surface area contributed by atoms with E-state index < -0.39 is 12.3 Å². The van der Waals surface area contributed by atoms with Crippen molar-refractivity contribution >= 4 is 17.7 Å². The summed E-state index contributed by atoms with van der Waals surface area (Å²) in [5.74, 6) is 0.428. The summed E-state index contributed by atoms with van der Waals surface area (Å²) < 4.78 is 19.2. The number of para-hydroxylation sites is 1. The van der Waals surface area contributed by atoms with Crippen molar-refractivity contribution in [3.8, 4) is 0 Å². The summed E-state index contributed by atoms with van der Waals surface area (Å²) >= 11 is 0. The van der Waals surface area contributed by atoms with Gasteiger partial charge < -0.3 is 4.74 Å². The molecule has 1 atom stereocenters. The third kappa shape index (κ3) is 2.72. The molecule has 1 heterocycles. The van der Waals surface area contributed by atoms with Gasteiger partial charge in [0, 0.05) is 11.6 Å². The van der Waals surface area contributed by atoms with Crippen LogP contribution in [0.15, 0.2) is 65.7 Å². The Labute approximate surface area is 123 Å². The van der Waals surface area contributed by atoms with Gasteiger partial charge in [-0.2, -0.15) is 0 Å². The minimum atomic E-state index is -0.977. The maximum atomic E-state index is 13.5. The van der Waals surface area contributed by atoms with Gasteiger partial charge in [0.2, 0.25) is 5.90 Å². The molecule has 0 amide bonds. The fraction of sp³-hybridized carbons (Fsp3) is 0.167.